The molecule has 1 fully saturated rings. The van der Waals surface area contributed by atoms with Crippen LogP contribution in [-0.2, 0) is 4.74 Å². The maximum atomic E-state index is 13.0. The zero-order valence-electron chi connectivity index (χ0n) is 16.9. The molecule has 0 saturated carbocycles. The van der Waals surface area contributed by atoms with Gasteiger partial charge in [0.1, 0.15) is 58.9 Å². The second-order valence-electron chi connectivity index (χ2n) is 7.34. The lowest BCUT2D eigenvalue weighted by atomic mass is 9.99. The first kappa shape index (κ1) is 22.1. The van der Waals surface area contributed by atoms with Crippen molar-refractivity contribution in [1.82, 2.24) is 0 Å². The van der Waals surface area contributed by atoms with E-state index >= 15 is 0 Å². The van der Waals surface area contributed by atoms with E-state index in [-0.39, 0.29) is 22.3 Å². The van der Waals surface area contributed by atoms with Gasteiger partial charge in [-0.05, 0) is 17.7 Å². The summed E-state index contributed by atoms with van der Waals surface area (Å²) in [7, 11) is 1.50. The highest BCUT2D eigenvalue weighted by atomic mass is 16.7. The third kappa shape index (κ3) is 3.90. The Labute approximate surface area is 181 Å². The van der Waals surface area contributed by atoms with Gasteiger partial charge in [-0.2, -0.15) is 0 Å². The van der Waals surface area contributed by atoms with E-state index in [1.165, 1.54) is 19.4 Å². The highest BCUT2D eigenvalue weighted by Crippen LogP contribution is 2.33. The number of benzene rings is 2. The molecule has 1 aromatic heterocycles. The van der Waals surface area contributed by atoms with Gasteiger partial charge < -0.3 is 44.2 Å². The highest BCUT2D eigenvalue weighted by Gasteiger charge is 2.44. The molecule has 2 aromatic carbocycles. The van der Waals surface area contributed by atoms with Crippen molar-refractivity contribution in [2.45, 2.75) is 30.7 Å². The molecule has 0 radical (unpaired) electrons. The fraction of sp³-hybridized carbons (Fsp3) is 0.318. The Morgan fingerprint density at radius 2 is 1.81 bits per heavy atom. The number of rotatable bonds is 5. The smallest absolute Gasteiger partial charge is 0.229 e. The third-order valence-corrected chi connectivity index (χ3v) is 5.31. The largest absolute Gasteiger partial charge is 0.507 e. The van der Waals surface area contributed by atoms with Crippen LogP contribution in [0.4, 0.5) is 0 Å². The summed E-state index contributed by atoms with van der Waals surface area (Å²) in [5, 5.41) is 49.6. The third-order valence-electron chi connectivity index (χ3n) is 5.31. The van der Waals surface area contributed by atoms with Gasteiger partial charge in [0.15, 0.2) is 0 Å². The molecule has 5 N–H and O–H groups in total. The summed E-state index contributed by atoms with van der Waals surface area (Å²) in [5.41, 5.74) is 0.299. The number of fused-ring (bicyclic) bond motifs is 1. The predicted molar refractivity (Wildman–Crippen MR) is 111 cm³/mol. The molecular formula is C22H22O10. The van der Waals surface area contributed by atoms with Gasteiger partial charge in [-0.3, -0.25) is 4.79 Å². The zero-order valence-corrected chi connectivity index (χ0v) is 16.9. The SMILES string of the molecule is COc1cccc(-c2coc3cc(O[C@H]4O[C@H](CO)[C@@H](O)[C@H](O)[C@H]4O)cc(O)c3c2=O)c1. The topological polar surface area (TPSA) is 159 Å². The molecule has 0 aliphatic carbocycles. The quantitative estimate of drug-likeness (QED) is 0.370. The van der Waals surface area contributed by atoms with Crippen LogP contribution in [0.5, 0.6) is 17.2 Å². The average Bonchev–Trinajstić information content (AvgIpc) is 2.79. The van der Waals surface area contributed by atoms with Crippen LogP contribution in [-0.4, -0.2) is 70.0 Å². The van der Waals surface area contributed by atoms with Gasteiger partial charge in [0.05, 0.1) is 19.3 Å². The van der Waals surface area contributed by atoms with E-state index in [1.54, 1.807) is 24.3 Å². The molecule has 0 bridgehead atoms. The lowest BCUT2D eigenvalue weighted by Gasteiger charge is -2.39. The summed E-state index contributed by atoms with van der Waals surface area (Å²) in [6.07, 6.45) is -6.15. The van der Waals surface area contributed by atoms with Crippen molar-refractivity contribution < 1.29 is 44.2 Å². The second-order valence-corrected chi connectivity index (χ2v) is 7.34. The van der Waals surface area contributed by atoms with Crippen molar-refractivity contribution in [2.24, 2.45) is 0 Å². The Kier molecular flexibility index (Phi) is 6.04. The number of aliphatic hydroxyl groups excluding tert-OH is 4. The van der Waals surface area contributed by atoms with Gasteiger partial charge in [-0.1, -0.05) is 12.1 Å². The molecule has 0 unspecified atom stereocenters. The minimum atomic E-state index is -1.63. The van der Waals surface area contributed by atoms with Gasteiger partial charge in [0.2, 0.25) is 11.7 Å². The molecule has 5 atom stereocenters. The number of methoxy groups -OCH3 is 1. The number of ether oxygens (including phenoxy) is 3. The fourth-order valence-electron chi connectivity index (χ4n) is 3.56. The summed E-state index contributed by atoms with van der Waals surface area (Å²) in [4.78, 5) is 13.0. The Morgan fingerprint density at radius 1 is 1.03 bits per heavy atom. The molecule has 3 aromatic rings. The van der Waals surface area contributed by atoms with E-state index in [1.807, 2.05) is 0 Å². The molecule has 4 rings (SSSR count). The molecule has 2 heterocycles. The monoisotopic (exact) mass is 446 g/mol. The van der Waals surface area contributed by atoms with Crippen LogP contribution in [0, 0.1) is 0 Å². The van der Waals surface area contributed by atoms with E-state index in [2.05, 4.69) is 0 Å². The predicted octanol–water partition coefficient (Wildman–Crippen LogP) is 0.353. The van der Waals surface area contributed by atoms with Crippen molar-refractivity contribution >= 4 is 11.0 Å². The molecule has 170 valence electrons. The van der Waals surface area contributed by atoms with Crippen LogP contribution in [0.2, 0.25) is 0 Å². The molecule has 32 heavy (non-hydrogen) atoms. The number of hydrogen-bond acceptors (Lipinski definition) is 10. The van der Waals surface area contributed by atoms with Crippen molar-refractivity contribution in [1.29, 1.82) is 0 Å². The van der Waals surface area contributed by atoms with Gasteiger partial charge in [-0.25, -0.2) is 0 Å². The van der Waals surface area contributed by atoms with Crippen LogP contribution < -0.4 is 14.9 Å². The second kappa shape index (κ2) is 8.77. The summed E-state index contributed by atoms with van der Waals surface area (Å²) in [6.45, 7) is -0.615. The van der Waals surface area contributed by atoms with Crippen molar-refractivity contribution in [3.63, 3.8) is 0 Å². The molecule has 1 aliphatic heterocycles. The van der Waals surface area contributed by atoms with Crippen molar-refractivity contribution in [2.75, 3.05) is 13.7 Å². The van der Waals surface area contributed by atoms with Gasteiger partial charge in [0, 0.05) is 12.1 Å². The maximum Gasteiger partial charge on any atom is 0.229 e. The van der Waals surface area contributed by atoms with Gasteiger partial charge in [-0.15, -0.1) is 0 Å². The summed E-state index contributed by atoms with van der Waals surface area (Å²) in [6, 6.07) is 9.25. The molecule has 0 spiro atoms. The van der Waals surface area contributed by atoms with Crippen LogP contribution >= 0.6 is 0 Å². The summed E-state index contributed by atoms with van der Waals surface area (Å²) < 4.78 is 21.5. The van der Waals surface area contributed by atoms with E-state index in [0.717, 1.165) is 6.07 Å². The Balaban J connectivity index is 1.68. The average molecular weight is 446 g/mol. The fourth-order valence-corrected chi connectivity index (χ4v) is 3.56. The molecule has 10 heteroatoms. The van der Waals surface area contributed by atoms with Crippen molar-refractivity contribution in [3.8, 4) is 28.4 Å². The van der Waals surface area contributed by atoms with Crippen LogP contribution in [0.25, 0.3) is 22.1 Å². The van der Waals surface area contributed by atoms with E-state index < -0.39 is 48.5 Å². The summed E-state index contributed by atoms with van der Waals surface area (Å²) >= 11 is 0. The first-order valence-corrected chi connectivity index (χ1v) is 9.74. The number of aromatic hydroxyl groups is 1. The molecular weight excluding hydrogens is 424 g/mol. The lowest BCUT2D eigenvalue weighted by Crippen LogP contribution is -2.60. The number of phenolic OH excluding ortho intramolecular Hbond substituents is 1. The Hall–Kier alpha value is -3.15. The first-order chi connectivity index (χ1) is 15.3. The highest BCUT2D eigenvalue weighted by molar-refractivity contribution is 5.88. The van der Waals surface area contributed by atoms with Crippen LogP contribution in [0.3, 0.4) is 0 Å². The minimum absolute atomic E-state index is 0.0150. The summed E-state index contributed by atoms with van der Waals surface area (Å²) in [5.74, 6) is 0.0895. The van der Waals surface area contributed by atoms with E-state index in [0.29, 0.717) is 11.3 Å². The number of aliphatic hydroxyl groups is 4. The molecule has 1 saturated heterocycles. The van der Waals surface area contributed by atoms with Crippen LogP contribution in [0.15, 0.2) is 51.9 Å². The van der Waals surface area contributed by atoms with E-state index in [4.69, 9.17) is 18.6 Å². The van der Waals surface area contributed by atoms with Gasteiger partial charge in [0.25, 0.3) is 0 Å². The number of hydrogen-bond donors (Lipinski definition) is 5. The normalized spacial score (nSPS) is 25.6. The maximum absolute atomic E-state index is 13.0. The molecule has 1 aliphatic rings. The van der Waals surface area contributed by atoms with Crippen LogP contribution in [0.1, 0.15) is 0 Å². The Bertz CT molecular complexity index is 1170. The van der Waals surface area contributed by atoms with Gasteiger partial charge >= 0.3 is 0 Å². The first-order valence-electron chi connectivity index (χ1n) is 9.74. The standard InChI is InChI=1S/C22H22O10/c1-29-11-4-2-3-10(5-11)13-9-30-15-7-12(6-14(24)17(15)18(13)25)31-22-21(28)20(27)19(26)16(8-23)32-22/h2-7,9,16,19-24,26-28H,8H2,1H3/t16-,19-,20+,21-,22+/m1/s1. The number of phenols is 1. The Morgan fingerprint density at radius 3 is 2.53 bits per heavy atom. The van der Waals surface area contributed by atoms with E-state index in [9.17, 15) is 30.3 Å². The lowest BCUT2D eigenvalue weighted by molar-refractivity contribution is -0.277. The molecule has 10 nitrogen and oxygen atoms in total. The molecule has 0 amide bonds. The minimum Gasteiger partial charge on any atom is -0.507 e. The zero-order chi connectivity index (χ0) is 23.0. The van der Waals surface area contributed by atoms with Crippen molar-refractivity contribution in [3.05, 3.63) is 52.9 Å².